The van der Waals surface area contributed by atoms with E-state index < -0.39 is 5.97 Å². The number of fused-ring (bicyclic) bond motifs is 1. The second kappa shape index (κ2) is 5.63. The average Bonchev–Trinajstić information content (AvgIpc) is 2.52. The van der Waals surface area contributed by atoms with Gasteiger partial charge in [-0.3, -0.25) is 4.98 Å². The summed E-state index contributed by atoms with van der Waals surface area (Å²) in [6.45, 7) is 0.145. The average molecular weight is 279 g/mol. The maximum Gasteiger partial charge on any atom is 0.338 e. The maximum atomic E-state index is 11.9. The highest BCUT2D eigenvalue weighted by molar-refractivity contribution is 5.89. The molecular formula is C17H13NO3. The first-order chi connectivity index (χ1) is 10.2. The first-order valence-corrected chi connectivity index (χ1v) is 6.52. The first-order valence-electron chi connectivity index (χ1n) is 6.52. The Hall–Kier alpha value is -2.88. The lowest BCUT2D eigenvalue weighted by atomic mass is 10.2. The summed E-state index contributed by atoms with van der Waals surface area (Å²) in [5.41, 5.74) is 2.05. The lowest BCUT2D eigenvalue weighted by Crippen LogP contribution is -2.05. The normalized spacial score (nSPS) is 10.5. The molecule has 0 amide bonds. The Morgan fingerprint density at radius 1 is 1.10 bits per heavy atom. The zero-order chi connectivity index (χ0) is 14.7. The van der Waals surface area contributed by atoms with Crippen molar-refractivity contribution in [1.29, 1.82) is 0 Å². The molecule has 0 atom stereocenters. The number of ether oxygens (including phenoxy) is 1. The number of aromatic hydroxyl groups is 1. The van der Waals surface area contributed by atoms with E-state index in [0.717, 1.165) is 16.5 Å². The van der Waals surface area contributed by atoms with E-state index in [4.69, 9.17) is 4.74 Å². The van der Waals surface area contributed by atoms with Crippen LogP contribution < -0.4 is 0 Å². The van der Waals surface area contributed by atoms with Crippen molar-refractivity contribution in [1.82, 2.24) is 4.98 Å². The van der Waals surface area contributed by atoms with Gasteiger partial charge in [0.25, 0.3) is 0 Å². The molecule has 0 aliphatic heterocycles. The van der Waals surface area contributed by atoms with E-state index in [1.165, 1.54) is 12.1 Å². The maximum absolute atomic E-state index is 11.9. The van der Waals surface area contributed by atoms with Crippen LogP contribution in [0.5, 0.6) is 5.75 Å². The molecule has 0 bridgehead atoms. The SMILES string of the molecule is O=C(OCc1cnc2ccccc2c1)c1cccc(O)c1. The van der Waals surface area contributed by atoms with Crippen molar-refractivity contribution in [3.63, 3.8) is 0 Å². The van der Waals surface area contributed by atoms with Gasteiger partial charge in [0.1, 0.15) is 12.4 Å². The van der Waals surface area contributed by atoms with Crippen molar-refractivity contribution in [3.8, 4) is 5.75 Å². The van der Waals surface area contributed by atoms with Gasteiger partial charge in [-0.2, -0.15) is 0 Å². The zero-order valence-electron chi connectivity index (χ0n) is 11.2. The summed E-state index contributed by atoms with van der Waals surface area (Å²) in [5, 5.41) is 10.4. The molecule has 0 fully saturated rings. The monoisotopic (exact) mass is 279 g/mol. The molecule has 4 heteroatoms. The van der Waals surface area contributed by atoms with E-state index in [0.29, 0.717) is 5.56 Å². The second-order valence-corrected chi connectivity index (χ2v) is 4.66. The number of hydrogen-bond donors (Lipinski definition) is 1. The fourth-order valence-corrected chi connectivity index (χ4v) is 2.06. The quantitative estimate of drug-likeness (QED) is 0.747. The summed E-state index contributed by atoms with van der Waals surface area (Å²) in [7, 11) is 0. The summed E-state index contributed by atoms with van der Waals surface area (Å²) in [4.78, 5) is 16.2. The number of para-hydroxylation sites is 1. The lowest BCUT2D eigenvalue weighted by molar-refractivity contribution is 0.0472. The van der Waals surface area contributed by atoms with Crippen LogP contribution in [0.25, 0.3) is 10.9 Å². The van der Waals surface area contributed by atoms with Crippen molar-refractivity contribution in [3.05, 3.63) is 71.9 Å². The van der Waals surface area contributed by atoms with Crippen molar-refractivity contribution in [2.45, 2.75) is 6.61 Å². The third-order valence-electron chi connectivity index (χ3n) is 3.10. The highest BCUT2D eigenvalue weighted by Gasteiger charge is 2.08. The highest BCUT2D eigenvalue weighted by atomic mass is 16.5. The molecule has 4 nitrogen and oxygen atoms in total. The first kappa shape index (κ1) is 13.1. The molecule has 1 N–H and O–H groups in total. The minimum absolute atomic E-state index is 0.0387. The van der Waals surface area contributed by atoms with Crippen LogP contribution in [0.3, 0.4) is 0 Å². The minimum Gasteiger partial charge on any atom is -0.508 e. The summed E-state index contributed by atoms with van der Waals surface area (Å²) >= 11 is 0. The van der Waals surface area contributed by atoms with E-state index in [1.807, 2.05) is 30.3 Å². The molecule has 3 aromatic rings. The standard InChI is InChI=1S/C17H13NO3/c19-15-6-3-5-14(9-15)17(20)21-11-12-8-13-4-1-2-7-16(13)18-10-12/h1-10,19H,11H2. The van der Waals surface area contributed by atoms with Gasteiger partial charge < -0.3 is 9.84 Å². The Balaban J connectivity index is 1.72. The topological polar surface area (TPSA) is 59.4 Å². The van der Waals surface area contributed by atoms with E-state index in [2.05, 4.69) is 4.98 Å². The Kier molecular flexibility index (Phi) is 3.51. The fraction of sp³-hybridized carbons (Fsp3) is 0.0588. The number of nitrogens with zero attached hydrogens (tertiary/aromatic N) is 1. The number of phenols is 1. The number of phenolic OH excluding ortho intramolecular Hbond substituents is 1. The van der Waals surface area contributed by atoms with Gasteiger partial charge in [-0.25, -0.2) is 4.79 Å². The second-order valence-electron chi connectivity index (χ2n) is 4.66. The van der Waals surface area contributed by atoms with E-state index in [-0.39, 0.29) is 12.4 Å². The molecule has 0 unspecified atom stereocenters. The van der Waals surface area contributed by atoms with Gasteiger partial charge in [0.05, 0.1) is 11.1 Å². The Morgan fingerprint density at radius 2 is 1.95 bits per heavy atom. The highest BCUT2D eigenvalue weighted by Crippen LogP contribution is 2.15. The van der Waals surface area contributed by atoms with Crippen LogP contribution >= 0.6 is 0 Å². The number of rotatable bonds is 3. The molecule has 0 spiro atoms. The number of carbonyl (C=O) groups excluding carboxylic acids is 1. The number of carbonyl (C=O) groups is 1. The Bertz CT molecular complexity index is 799. The number of hydrogen-bond acceptors (Lipinski definition) is 4. The summed E-state index contributed by atoms with van der Waals surface area (Å²) < 4.78 is 5.23. The number of pyridine rings is 1. The molecule has 0 aliphatic rings. The van der Waals surface area contributed by atoms with Crippen LogP contribution in [0.2, 0.25) is 0 Å². The summed E-state index contributed by atoms with van der Waals surface area (Å²) in [6, 6.07) is 15.8. The van der Waals surface area contributed by atoms with E-state index in [1.54, 1.807) is 18.3 Å². The van der Waals surface area contributed by atoms with E-state index >= 15 is 0 Å². The summed E-state index contributed by atoms with van der Waals surface area (Å²) in [5.74, 6) is -0.434. The summed E-state index contributed by atoms with van der Waals surface area (Å²) in [6.07, 6.45) is 1.69. The largest absolute Gasteiger partial charge is 0.508 e. The molecule has 1 aromatic heterocycles. The van der Waals surface area contributed by atoms with Crippen molar-refractivity contribution >= 4 is 16.9 Å². The van der Waals surface area contributed by atoms with Gasteiger partial charge in [-0.15, -0.1) is 0 Å². The molecule has 0 aliphatic carbocycles. The fourth-order valence-electron chi connectivity index (χ4n) is 2.06. The minimum atomic E-state index is -0.473. The molecular weight excluding hydrogens is 266 g/mol. The van der Waals surface area contributed by atoms with Gasteiger partial charge in [-0.1, -0.05) is 24.3 Å². The van der Waals surface area contributed by atoms with Crippen LogP contribution in [0.1, 0.15) is 15.9 Å². The predicted molar refractivity (Wildman–Crippen MR) is 79.0 cm³/mol. The van der Waals surface area contributed by atoms with Gasteiger partial charge in [-0.05, 0) is 30.3 Å². The Labute approximate surface area is 121 Å². The molecule has 2 aromatic carbocycles. The smallest absolute Gasteiger partial charge is 0.338 e. The van der Waals surface area contributed by atoms with Crippen LogP contribution in [0.4, 0.5) is 0 Å². The van der Waals surface area contributed by atoms with Crippen molar-refractivity contribution in [2.24, 2.45) is 0 Å². The van der Waals surface area contributed by atoms with Crippen LogP contribution in [0.15, 0.2) is 60.8 Å². The molecule has 3 rings (SSSR count). The van der Waals surface area contributed by atoms with Crippen LogP contribution in [0, 0.1) is 0 Å². The number of benzene rings is 2. The molecule has 104 valence electrons. The van der Waals surface area contributed by atoms with Crippen molar-refractivity contribution in [2.75, 3.05) is 0 Å². The van der Waals surface area contributed by atoms with Crippen LogP contribution in [-0.4, -0.2) is 16.1 Å². The molecule has 0 saturated carbocycles. The van der Waals surface area contributed by atoms with Gasteiger partial charge in [0.15, 0.2) is 0 Å². The molecule has 0 radical (unpaired) electrons. The molecule has 1 heterocycles. The third kappa shape index (κ3) is 3.00. The predicted octanol–water partition coefficient (Wildman–Crippen LogP) is 3.30. The van der Waals surface area contributed by atoms with Gasteiger partial charge in [0.2, 0.25) is 0 Å². The third-order valence-corrected chi connectivity index (χ3v) is 3.10. The van der Waals surface area contributed by atoms with Gasteiger partial charge >= 0.3 is 5.97 Å². The number of aromatic nitrogens is 1. The van der Waals surface area contributed by atoms with Crippen LogP contribution in [-0.2, 0) is 11.3 Å². The van der Waals surface area contributed by atoms with E-state index in [9.17, 15) is 9.90 Å². The Morgan fingerprint density at radius 3 is 2.81 bits per heavy atom. The zero-order valence-corrected chi connectivity index (χ0v) is 11.2. The lowest BCUT2D eigenvalue weighted by Gasteiger charge is -2.06. The molecule has 0 saturated heterocycles. The number of esters is 1. The van der Waals surface area contributed by atoms with Crippen molar-refractivity contribution < 1.29 is 14.6 Å². The van der Waals surface area contributed by atoms with Gasteiger partial charge in [0, 0.05) is 17.1 Å². The molecule has 21 heavy (non-hydrogen) atoms.